The monoisotopic (exact) mass is 343 g/mol. The molecule has 3 N–H and O–H groups in total. The Labute approximate surface area is 148 Å². The third-order valence-electron chi connectivity index (χ3n) is 3.61. The fourth-order valence-corrected chi connectivity index (χ4v) is 2.25. The highest BCUT2D eigenvalue weighted by molar-refractivity contribution is 5.94. The number of hydrogen-bond donors (Lipinski definition) is 2. The fraction of sp³-hybridized carbons (Fsp3) is 0.316. The molecule has 0 spiro atoms. The first-order chi connectivity index (χ1) is 12.1. The molecule has 0 fully saturated rings. The molecule has 0 aliphatic heterocycles. The molecular weight excluding hydrogens is 318 g/mol. The number of para-hydroxylation sites is 1. The van der Waals surface area contributed by atoms with E-state index >= 15 is 0 Å². The predicted molar refractivity (Wildman–Crippen MR) is 101 cm³/mol. The first kappa shape index (κ1) is 18.4. The van der Waals surface area contributed by atoms with Crippen LogP contribution >= 0.6 is 0 Å². The van der Waals surface area contributed by atoms with E-state index in [9.17, 15) is 0 Å². The molecule has 0 radical (unpaired) electrons. The van der Waals surface area contributed by atoms with Gasteiger partial charge in [-0.25, -0.2) is 0 Å². The molecule has 0 aliphatic carbocycles. The van der Waals surface area contributed by atoms with Crippen molar-refractivity contribution in [3.63, 3.8) is 0 Å². The molecule has 134 valence electrons. The van der Waals surface area contributed by atoms with Crippen LogP contribution in [-0.2, 0) is 0 Å². The maximum absolute atomic E-state index is 5.94. The van der Waals surface area contributed by atoms with Gasteiger partial charge in [-0.1, -0.05) is 18.2 Å². The second-order valence-electron chi connectivity index (χ2n) is 5.43. The molecule has 6 nitrogen and oxygen atoms in total. The Balaban J connectivity index is 1.83. The molecule has 0 heterocycles. The van der Waals surface area contributed by atoms with Gasteiger partial charge in [-0.15, -0.1) is 0 Å². The zero-order chi connectivity index (χ0) is 18.1. The molecule has 0 bridgehead atoms. The topological polar surface area (TPSA) is 78.1 Å². The van der Waals surface area contributed by atoms with Crippen molar-refractivity contribution >= 4 is 11.6 Å². The van der Waals surface area contributed by atoms with Gasteiger partial charge in [0.25, 0.3) is 0 Å². The largest absolute Gasteiger partial charge is 0.497 e. The summed E-state index contributed by atoms with van der Waals surface area (Å²) in [6, 6.07) is 13.4. The minimum absolute atomic E-state index is 0.322. The summed E-state index contributed by atoms with van der Waals surface area (Å²) in [6.07, 6.45) is 0.770. The lowest BCUT2D eigenvalue weighted by Crippen LogP contribution is -2.23. The van der Waals surface area contributed by atoms with E-state index in [0.29, 0.717) is 36.3 Å². The van der Waals surface area contributed by atoms with Gasteiger partial charge in [0, 0.05) is 19.0 Å². The van der Waals surface area contributed by atoms with Crippen molar-refractivity contribution in [2.24, 2.45) is 10.7 Å². The average molecular weight is 343 g/mol. The first-order valence-electron chi connectivity index (χ1n) is 8.11. The first-order valence-corrected chi connectivity index (χ1v) is 8.11. The van der Waals surface area contributed by atoms with Crippen molar-refractivity contribution < 1.29 is 14.2 Å². The van der Waals surface area contributed by atoms with Gasteiger partial charge < -0.3 is 25.3 Å². The molecule has 0 atom stereocenters. The number of aliphatic imine (C=N–C) groups is 1. The van der Waals surface area contributed by atoms with Crippen molar-refractivity contribution in [3.8, 4) is 17.2 Å². The van der Waals surface area contributed by atoms with Crippen molar-refractivity contribution in [2.75, 3.05) is 32.7 Å². The van der Waals surface area contributed by atoms with Crippen LogP contribution in [0.15, 0.2) is 47.5 Å². The molecular formula is C19H25N3O3. The highest BCUT2D eigenvalue weighted by atomic mass is 16.5. The number of rotatable bonds is 8. The maximum Gasteiger partial charge on any atom is 0.193 e. The van der Waals surface area contributed by atoms with Gasteiger partial charge in [0.15, 0.2) is 5.96 Å². The number of ether oxygens (including phenoxy) is 3. The normalized spacial score (nSPS) is 11.1. The quantitative estimate of drug-likeness (QED) is 0.437. The minimum Gasteiger partial charge on any atom is -0.497 e. The average Bonchev–Trinajstić information content (AvgIpc) is 2.62. The van der Waals surface area contributed by atoms with Gasteiger partial charge in [-0.2, -0.15) is 0 Å². The van der Waals surface area contributed by atoms with E-state index in [0.717, 1.165) is 17.7 Å². The standard InChI is InChI=1S/C19H25N3O3/c1-14-7-4-5-8-17(14)25-12-6-11-21-19(20)22-16-13-15(23-2)9-10-18(16)24-3/h4-5,7-10,13H,6,11-12H2,1-3H3,(H3,20,21,22). The Hall–Kier alpha value is -2.89. The zero-order valence-corrected chi connectivity index (χ0v) is 14.9. The molecule has 0 aliphatic rings. The summed E-state index contributed by atoms with van der Waals surface area (Å²) in [6.45, 7) is 3.18. The van der Waals surface area contributed by atoms with Gasteiger partial charge in [0.2, 0.25) is 0 Å². The molecule has 2 aromatic rings. The van der Waals surface area contributed by atoms with Gasteiger partial charge in [-0.3, -0.25) is 4.99 Å². The van der Waals surface area contributed by atoms with Crippen LogP contribution in [0.5, 0.6) is 17.2 Å². The van der Waals surface area contributed by atoms with E-state index in [2.05, 4.69) is 10.3 Å². The van der Waals surface area contributed by atoms with E-state index in [1.807, 2.05) is 49.4 Å². The summed E-state index contributed by atoms with van der Waals surface area (Å²) >= 11 is 0. The summed E-state index contributed by atoms with van der Waals surface area (Å²) in [5.41, 5.74) is 7.77. The summed E-state index contributed by atoms with van der Waals surface area (Å²) < 4.78 is 16.2. The smallest absolute Gasteiger partial charge is 0.193 e. The highest BCUT2D eigenvalue weighted by Gasteiger charge is 2.06. The van der Waals surface area contributed by atoms with Crippen molar-refractivity contribution in [1.29, 1.82) is 0 Å². The van der Waals surface area contributed by atoms with Gasteiger partial charge >= 0.3 is 0 Å². The summed E-state index contributed by atoms with van der Waals surface area (Å²) in [4.78, 5) is 4.31. The molecule has 0 unspecified atom stereocenters. The van der Waals surface area contributed by atoms with Crippen LogP contribution in [0.25, 0.3) is 0 Å². The van der Waals surface area contributed by atoms with E-state index < -0.39 is 0 Å². The molecule has 0 aromatic heterocycles. The number of benzene rings is 2. The van der Waals surface area contributed by atoms with Gasteiger partial charge in [0.1, 0.15) is 17.2 Å². The number of methoxy groups -OCH3 is 2. The van der Waals surface area contributed by atoms with E-state index in [-0.39, 0.29) is 0 Å². The van der Waals surface area contributed by atoms with Crippen LogP contribution < -0.4 is 25.3 Å². The lowest BCUT2D eigenvalue weighted by molar-refractivity contribution is 0.311. The van der Waals surface area contributed by atoms with Crippen molar-refractivity contribution in [2.45, 2.75) is 13.3 Å². The third kappa shape index (κ3) is 5.60. The molecule has 0 saturated carbocycles. The lowest BCUT2D eigenvalue weighted by Gasteiger charge is -2.12. The SMILES string of the molecule is COc1ccc(OC)c(NC(N)=NCCCOc2ccccc2C)c1. The molecule has 6 heteroatoms. The molecule has 2 aromatic carbocycles. The number of nitrogens with two attached hydrogens (primary N) is 1. The molecule has 0 saturated heterocycles. The Bertz CT molecular complexity index is 717. The molecule has 2 rings (SSSR count). The van der Waals surface area contributed by atoms with Crippen molar-refractivity contribution in [3.05, 3.63) is 48.0 Å². The predicted octanol–water partition coefficient (Wildman–Crippen LogP) is 3.21. The summed E-state index contributed by atoms with van der Waals surface area (Å²) in [5, 5.41) is 3.04. The number of nitrogens with zero attached hydrogens (tertiary/aromatic N) is 1. The Morgan fingerprint density at radius 2 is 1.88 bits per heavy atom. The Morgan fingerprint density at radius 1 is 1.08 bits per heavy atom. The number of nitrogens with one attached hydrogen (secondary N) is 1. The number of hydrogen-bond acceptors (Lipinski definition) is 4. The third-order valence-corrected chi connectivity index (χ3v) is 3.61. The molecule has 0 amide bonds. The van der Waals surface area contributed by atoms with Crippen LogP contribution in [0.4, 0.5) is 5.69 Å². The number of anilines is 1. The van der Waals surface area contributed by atoms with Gasteiger partial charge in [0.05, 0.1) is 26.5 Å². The fourth-order valence-electron chi connectivity index (χ4n) is 2.25. The number of aryl methyl sites for hydroxylation is 1. The van der Waals surface area contributed by atoms with Crippen LogP contribution in [0.2, 0.25) is 0 Å². The van der Waals surface area contributed by atoms with E-state index in [1.165, 1.54) is 0 Å². The highest BCUT2D eigenvalue weighted by Crippen LogP contribution is 2.28. The molecule has 25 heavy (non-hydrogen) atoms. The van der Waals surface area contributed by atoms with E-state index in [4.69, 9.17) is 19.9 Å². The Morgan fingerprint density at radius 3 is 2.60 bits per heavy atom. The zero-order valence-electron chi connectivity index (χ0n) is 14.9. The lowest BCUT2D eigenvalue weighted by atomic mass is 10.2. The van der Waals surface area contributed by atoms with Gasteiger partial charge in [-0.05, 0) is 30.7 Å². The summed E-state index contributed by atoms with van der Waals surface area (Å²) in [5.74, 6) is 2.60. The van der Waals surface area contributed by atoms with Crippen LogP contribution in [-0.4, -0.2) is 33.3 Å². The van der Waals surface area contributed by atoms with Crippen LogP contribution in [0.1, 0.15) is 12.0 Å². The minimum atomic E-state index is 0.322. The summed E-state index contributed by atoms with van der Waals surface area (Å²) in [7, 11) is 3.21. The second-order valence-corrected chi connectivity index (χ2v) is 5.43. The number of guanidine groups is 1. The second kappa shape index (κ2) is 9.42. The van der Waals surface area contributed by atoms with E-state index in [1.54, 1.807) is 14.2 Å². The van der Waals surface area contributed by atoms with Crippen LogP contribution in [0.3, 0.4) is 0 Å². The van der Waals surface area contributed by atoms with Crippen molar-refractivity contribution in [1.82, 2.24) is 0 Å². The Kier molecular flexibility index (Phi) is 6.95. The maximum atomic E-state index is 5.94. The van der Waals surface area contributed by atoms with Crippen LogP contribution in [0, 0.1) is 6.92 Å².